The van der Waals surface area contributed by atoms with Gasteiger partial charge in [0, 0.05) is 5.56 Å². The van der Waals surface area contributed by atoms with Crippen LogP contribution in [0.25, 0.3) is 0 Å². The van der Waals surface area contributed by atoms with Crippen LogP contribution < -0.4 is 4.74 Å². The Hall–Kier alpha value is -1.58. The van der Waals surface area contributed by atoms with Crippen LogP contribution in [0.15, 0.2) is 18.2 Å². The monoisotopic (exact) mass is 252 g/mol. The van der Waals surface area contributed by atoms with Crippen LogP contribution in [0.2, 0.25) is 0 Å². The van der Waals surface area contributed by atoms with E-state index < -0.39 is 17.2 Å². The molecule has 1 aromatic carbocycles. The number of halogens is 1. The first-order valence-electron chi connectivity index (χ1n) is 6.17. The minimum absolute atomic E-state index is 0.419. The number of rotatable bonds is 3. The number of hydrogen-bond donors (Lipinski definition) is 1. The predicted octanol–water partition coefficient (Wildman–Crippen LogP) is 3.12. The molecule has 0 radical (unpaired) electrons. The molecule has 1 aliphatic rings. The lowest BCUT2D eigenvalue weighted by Gasteiger charge is -2.34. The van der Waals surface area contributed by atoms with Crippen LogP contribution in [0.5, 0.6) is 5.75 Å². The van der Waals surface area contributed by atoms with Gasteiger partial charge in [0.15, 0.2) is 0 Å². The van der Waals surface area contributed by atoms with Gasteiger partial charge in [-0.1, -0.05) is 19.3 Å². The molecule has 0 bridgehead atoms. The fourth-order valence-corrected chi connectivity index (χ4v) is 2.81. The number of aliphatic carboxylic acids is 1. The Bertz CT molecular complexity index is 450. The fourth-order valence-electron chi connectivity index (χ4n) is 2.81. The summed E-state index contributed by atoms with van der Waals surface area (Å²) in [6, 6.07) is 4.10. The Labute approximate surface area is 106 Å². The third kappa shape index (κ3) is 2.07. The summed E-state index contributed by atoms with van der Waals surface area (Å²) in [4.78, 5) is 11.7. The van der Waals surface area contributed by atoms with Gasteiger partial charge in [-0.25, -0.2) is 4.39 Å². The Morgan fingerprint density at radius 2 is 2.00 bits per heavy atom. The Morgan fingerprint density at radius 3 is 2.56 bits per heavy atom. The summed E-state index contributed by atoms with van der Waals surface area (Å²) < 4.78 is 18.6. The zero-order chi connectivity index (χ0) is 13.2. The van der Waals surface area contributed by atoms with Crippen LogP contribution in [-0.4, -0.2) is 18.2 Å². The van der Waals surface area contributed by atoms with Crippen molar-refractivity contribution in [3.63, 3.8) is 0 Å². The van der Waals surface area contributed by atoms with E-state index in [9.17, 15) is 14.3 Å². The molecule has 0 spiro atoms. The molecule has 0 atom stereocenters. The number of carbonyl (C=O) groups is 1. The predicted molar refractivity (Wildman–Crippen MR) is 65.4 cm³/mol. The number of benzene rings is 1. The number of carboxylic acid groups (broad SMARTS) is 1. The summed E-state index contributed by atoms with van der Waals surface area (Å²) in [5.41, 5.74) is -0.525. The molecule has 0 aliphatic heterocycles. The molecular weight excluding hydrogens is 235 g/mol. The number of carboxylic acids is 1. The summed E-state index contributed by atoms with van der Waals surface area (Å²) in [7, 11) is 1.48. The van der Waals surface area contributed by atoms with Crippen molar-refractivity contribution in [1.82, 2.24) is 0 Å². The normalized spacial score (nSPS) is 18.3. The van der Waals surface area contributed by atoms with Crippen molar-refractivity contribution < 1.29 is 19.0 Å². The zero-order valence-corrected chi connectivity index (χ0v) is 10.4. The molecule has 0 unspecified atom stereocenters. The molecule has 1 saturated carbocycles. The maximum Gasteiger partial charge on any atom is 0.314 e. The van der Waals surface area contributed by atoms with Crippen LogP contribution >= 0.6 is 0 Å². The van der Waals surface area contributed by atoms with Gasteiger partial charge in [0.2, 0.25) is 0 Å². The van der Waals surface area contributed by atoms with Crippen LogP contribution in [0.4, 0.5) is 4.39 Å². The highest BCUT2D eigenvalue weighted by molar-refractivity contribution is 5.82. The average Bonchev–Trinajstić information content (AvgIpc) is 2.39. The van der Waals surface area contributed by atoms with E-state index in [1.54, 1.807) is 0 Å². The smallest absolute Gasteiger partial charge is 0.314 e. The van der Waals surface area contributed by atoms with Crippen molar-refractivity contribution in [2.24, 2.45) is 0 Å². The maximum absolute atomic E-state index is 13.4. The van der Waals surface area contributed by atoms with Gasteiger partial charge < -0.3 is 9.84 Å². The van der Waals surface area contributed by atoms with Gasteiger partial charge in [0.25, 0.3) is 0 Å². The van der Waals surface area contributed by atoms with Gasteiger partial charge in [0.1, 0.15) is 11.6 Å². The van der Waals surface area contributed by atoms with E-state index in [1.807, 2.05) is 0 Å². The standard InChI is InChI=1S/C14H17FO3/c1-18-12-6-5-10(15)9-11(12)14(13(16)17)7-3-2-4-8-14/h5-6,9H,2-4,7-8H2,1H3,(H,16,17). The molecule has 1 aliphatic carbocycles. The van der Waals surface area contributed by atoms with E-state index in [0.29, 0.717) is 24.2 Å². The lowest BCUT2D eigenvalue weighted by atomic mass is 9.69. The van der Waals surface area contributed by atoms with Crippen molar-refractivity contribution >= 4 is 5.97 Å². The average molecular weight is 252 g/mol. The molecule has 18 heavy (non-hydrogen) atoms. The maximum atomic E-state index is 13.4. The van der Waals surface area contributed by atoms with Crippen LogP contribution in [0, 0.1) is 5.82 Å². The third-order valence-corrected chi connectivity index (χ3v) is 3.79. The van der Waals surface area contributed by atoms with E-state index in [0.717, 1.165) is 19.3 Å². The molecular formula is C14H17FO3. The van der Waals surface area contributed by atoms with Gasteiger partial charge >= 0.3 is 5.97 Å². The first-order valence-corrected chi connectivity index (χ1v) is 6.17. The zero-order valence-electron chi connectivity index (χ0n) is 10.4. The van der Waals surface area contributed by atoms with Gasteiger partial charge in [-0.2, -0.15) is 0 Å². The molecule has 0 aromatic heterocycles. The number of hydrogen-bond acceptors (Lipinski definition) is 2. The molecule has 2 rings (SSSR count). The fraction of sp³-hybridized carbons (Fsp3) is 0.500. The summed E-state index contributed by atoms with van der Waals surface area (Å²) in [6.45, 7) is 0. The van der Waals surface area contributed by atoms with E-state index in [4.69, 9.17) is 4.74 Å². The van der Waals surface area contributed by atoms with E-state index >= 15 is 0 Å². The minimum atomic E-state index is -0.994. The molecule has 1 fully saturated rings. The molecule has 4 heteroatoms. The van der Waals surface area contributed by atoms with Crippen molar-refractivity contribution in [2.45, 2.75) is 37.5 Å². The second-order valence-corrected chi connectivity index (χ2v) is 4.79. The molecule has 0 heterocycles. The SMILES string of the molecule is COc1ccc(F)cc1C1(C(=O)O)CCCCC1. The second-order valence-electron chi connectivity index (χ2n) is 4.79. The Kier molecular flexibility index (Phi) is 3.55. The van der Waals surface area contributed by atoms with Crippen LogP contribution in [-0.2, 0) is 10.2 Å². The van der Waals surface area contributed by atoms with Crippen molar-refractivity contribution in [1.29, 1.82) is 0 Å². The van der Waals surface area contributed by atoms with E-state index in [-0.39, 0.29) is 0 Å². The highest BCUT2D eigenvalue weighted by Crippen LogP contribution is 2.43. The summed E-state index contributed by atoms with van der Waals surface area (Å²) in [5.74, 6) is -0.844. The van der Waals surface area contributed by atoms with Crippen molar-refractivity contribution in [3.05, 3.63) is 29.6 Å². The van der Waals surface area contributed by atoms with Crippen molar-refractivity contribution in [2.75, 3.05) is 7.11 Å². The molecule has 1 N–H and O–H groups in total. The number of ether oxygens (including phenoxy) is 1. The molecule has 98 valence electrons. The van der Waals surface area contributed by atoms with Gasteiger partial charge in [-0.15, -0.1) is 0 Å². The Morgan fingerprint density at radius 1 is 1.33 bits per heavy atom. The third-order valence-electron chi connectivity index (χ3n) is 3.79. The van der Waals surface area contributed by atoms with Crippen LogP contribution in [0.3, 0.4) is 0 Å². The first-order chi connectivity index (χ1) is 8.60. The molecule has 1 aromatic rings. The summed E-state index contributed by atoms with van der Waals surface area (Å²) >= 11 is 0. The highest BCUT2D eigenvalue weighted by atomic mass is 19.1. The summed E-state index contributed by atoms with van der Waals surface area (Å²) in [6.07, 6.45) is 3.83. The van der Waals surface area contributed by atoms with Gasteiger partial charge in [0.05, 0.1) is 12.5 Å². The van der Waals surface area contributed by atoms with E-state index in [1.165, 1.54) is 25.3 Å². The minimum Gasteiger partial charge on any atom is -0.496 e. The topological polar surface area (TPSA) is 46.5 Å². The molecule has 0 amide bonds. The quantitative estimate of drug-likeness (QED) is 0.899. The van der Waals surface area contributed by atoms with Gasteiger partial charge in [-0.3, -0.25) is 4.79 Å². The van der Waals surface area contributed by atoms with Crippen molar-refractivity contribution in [3.8, 4) is 5.75 Å². The van der Waals surface area contributed by atoms with Crippen LogP contribution in [0.1, 0.15) is 37.7 Å². The Balaban J connectivity index is 2.54. The largest absolute Gasteiger partial charge is 0.496 e. The summed E-state index contributed by atoms with van der Waals surface area (Å²) in [5, 5.41) is 9.58. The van der Waals surface area contributed by atoms with E-state index in [2.05, 4.69) is 0 Å². The van der Waals surface area contributed by atoms with Gasteiger partial charge in [-0.05, 0) is 31.0 Å². The molecule has 0 saturated heterocycles. The lowest BCUT2D eigenvalue weighted by molar-refractivity contribution is -0.145. The highest BCUT2D eigenvalue weighted by Gasteiger charge is 2.43. The first kappa shape index (κ1) is 12.9. The lowest BCUT2D eigenvalue weighted by Crippen LogP contribution is -2.38. The number of methoxy groups -OCH3 is 1. The second kappa shape index (κ2) is 4.96. The molecule has 3 nitrogen and oxygen atoms in total.